The van der Waals surface area contributed by atoms with Gasteiger partial charge in [0.15, 0.2) is 0 Å². The van der Waals surface area contributed by atoms with Gasteiger partial charge in [-0.05, 0) is 12.8 Å². The van der Waals surface area contributed by atoms with Crippen LogP contribution in [0, 0.1) is 5.41 Å². The summed E-state index contributed by atoms with van der Waals surface area (Å²) in [5.74, 6) is -0.893. The number of ether oxygens (including phenoxy) is 2. The lowest BCUT2D eigenvalue weighted by atomic mass is 9.90. The number of hydrogen-bond acceptors (Lipinski definition) is 10. The van der Waals surface area contributed by atoms with Crippen LogP contribution in [-0.2, 0) is 27.2 Å². The molecule has 1 aromatic heterocycles. The molecule has 0 saturated heterocycles. The SMILES string of the molecule is O=C(O)CCCc1cn(CC(CO)(COC(CO)CO)COC(CO)CO)nn1. The molecule has 0 aliphatic rings. The molecule has 0 aliphatic heterocycles. The summed E-state index contributed by atoms with van der Waals surface area (Å²) in [5.41, 5.74) is -0.468. The first-order valence-corrected chi connectivity index (χ1v) is 9.30. The van der Waals surface area contributed by atoms with Gasteiger partial charge in [-0.25, -0.2) is 0 Å². The second-order valence-electron chi connectivity index (χ2n) is 6.91. The largest absolute Gasteiger partial charge is 0.481 e. The van der Waals surface area contributed by atoms with Crippen LogP contribution in [0.1, 0.15) is 18.5 Å². The fourth-order valence-corrected chi connectivity index (χ4v) is 2.48. The van der Waals surface area contributed by atoms with E-state index in [2.05, 4.69) is 10.3 Å². The average Bonchev–Trinajstić information content (AvgIpc) is 3.15. The van der Waals surface area contributed by atoms with E-state index in [1.807, 2.05) is 0 Å². The van der Waals surface area contributed by atoms with Crippen molar-refractivity contribution in [2.75, 3.05) is 46.2 Å². The number of carboxylic acid groups (broad SMARTS) is 1. The summed E-state index contributed by atoms with van der Waals surface area (Å²) in [6, 6.07) is 0. The molecule has 0 atom stereocenters. The van der Waals surface area contributed by atoms with Crippen molar-refractivity contribution in [2.24, 2.45) is 5.41 Å². The smallest absolute Gasteiger partial charge is 0.303 e. The Labute approximate surface area is 168 Å². The number of aryl methyl sites for hydroxylation is 1. The molecule has 1 rings (SSSR count). The van der Waals surface area contributed by atoms with E-state index < -0.39 is 56.6 Å². The zero-order chi connectivity index (χ0) is 21.7. The third-order valence-electron chi connectivity index (χ3n) is 4.31. The molecule has 0 spiro atoms. The summed E-state index contributed by atoms with van der Waals surface area (Å²) >= 11 is 0. The molecule has 12 heteroatoms. The molecule has 0 fully saturated rings. The molecule has 0 bridgehead atoms. The molecule has 1 aromatic rings. The number of rotatable bonds is 17. The van der Waals surface area contributed by atoms with Crippen LogP contribution in [0.15, 0.2) is 6.20 Å². The minimum Gasteiger partial charge on any atom is -0.481 e. The zero-order valence-corrected chi connectivity index (χ0v) is 16.3. The Morgan fingerprint density at radius 1 is 1.03 bits per heavy atom. The average molecular weight is 421 g/mol. The summed E-state index contributed by atoms with van der Waals surface area (Å²) in [5, 5.41) is 63.5. The van der Waals surface area contributed by atoms with Gasteiger partial charge in [0, 0.05) is 12.6 Å². The maximum Gasteiger partial charge on any atom is 0.303 e. The van der Waals surface area contributed by atoms with Crippen LogP contribution in [-0.4, -0.2) is 110 Å². The topological polar surface area (TPSA) is 188 Å². The fraction of sp³-hybridized carbons (Fsp3) is 0.824. The molecule has 12 nitrogen and oxygen atoms in total. The van der Waals surface area contributed by atoms with Crippen LogP contribution in [0.3, 0.4) is 0 Å². The fourth-order valence-electron chi connectivity index (χ4n) is 2.48. The van der Waals surface area contributed by atoms with Gasteiger partial charge in [0.2, 0.25) is 0 Å². The number of hydrogen-bond donors (Lipinski definition) is 6. The monoisotopic (exact) mass is 421 g/mol. The number of carboxylic acids is 1. The quantitative estimate of drug-likeness (QED) is 0.155. The number of nitrogens with zero attached hydrogens (tertiary/aromatic N) is 3. The van der Waals surface area contributed by atoms with Crippen molar-refractivity contribution in [2.45, 2.75) is 38.0 Å². The Balaban J connectivity index is 2.85. The van der Waals surface area contributed by atoms with E-state index in [4.69, 9.17) is 14.6 Å². The van der Waals surface area contributed by atoms with Gasteiger partial charge < -0.3 is 40.1 Å². The van der Waals surface area contributed by atoms with Crippen LogP contribution in [0.4, 0.5) is 0 Å². The first kappa shape index (κ1) is 25.4. The van der Waals surface area contributed by atoms with Crippen molar-refractivity contribution in [3.8, 4) is 0 Å². The highest BCUT2D eigenvalue weighted by atomic mass is 16.5. The van der Waals surface area contributed by atoms with Crippen LogP contribution in [0.5, 0.6) is 0 Å². The van der Waals surface area contributed by atoms with Crippen LogP contribution >= 0.6 is 0 Å². The van der Waals surface area contributed by atoms with Crippen molar-refractivity contribution in [3.63, 3.8) is 0 Å². The molecule has 0 aliphatic carbocycles. The van der Waals surface area contributed by atoms with Crippen molar-refractivity contribution >= 4 is 5.97 Å². The minimum atomic E-state index is -1.06. The first-order chi connectivity index (χ1) is 13.9. The predicted molar refractivity (Wildman–Crippen MR) is 97.9 cm³/mol. The van der Waals surface area contributed by atoms with Gasteiger partial charge in [-0.3, -0.25) is 9.48 Å². The number of aromatic nitrogens is 3. The van der Waals surface area contributed by atoms with Gasteiger partial charge in [-0.1, -0.05) is 5.21 Å². The molecule has 0 radical (unpaired) electrons. The Hall–Kier alpha value is -1.67. The van der Waals surface area contributed by atoms with Gasteiger partial charge in [-0.2, -0.15) is 0 Å². The first-order valence-electron chi connectivity index (χ1n) is 9.30. The maximum atomic E-state index is 10.6. The summed E-state index contributed by atoms with van der Waals surface area (Å²) in [4.78, 5) is 10.6. The molecule has 6 N–H and O–H groups in total. The van der Waals surface area contributed by atoms with E-state index in [0.717, 1.165) is 0 Å². The standard InChI is InChI=1S/C17H31N3O9/c21-5-14(6-22)28-11-17(10-25,12-29-15(7-23)8-24)9-20-4-13(18-19-20)2-1-3-16(26)27/h4,14-15,21-25H,1-3,5-12H2,(H,26,27). The van der Waals surface area contributed by atoms with Crippen molar-refractivity contribution in [3.05, 3.63) is 11.9 Å². The third-order valence-corrected chi connectivity index (χ3v) is 4.31. The highest BCUT2D eigenvalue weighted by Gasteiger charge is 2.34. The Morgan fingerprint density at radius 2 is 1.59 bits per heavy atom. The second kappa shape index (κ2) is 13.5. The molecule has 1 heterocycles. The number of aliphatic hydroxyl groups excluding tert-OH is 5. The second-order valence-corrected chi connectivity index (χ2v) is 6.91. The Kier molecular flexibility index (Phi) is 11.8. The van der Waals surface area contributed by atoms with Gasteiger partial charge >= 0.3 is 5.97 Å². The van der Waals surface area contributed by atoms with E-state index in [0.29, 0.717) is 18.5 Å². The minimum absolute atomic E-state index is 0.0164. The highest BCUT2D eigenvalue weighted by Crippen LogP contribution is 2.22. The third kappa shape index (κ3) is 9.12. The molecule has 168 valence electrons. The lowest BCUT2D eigenvalue weighted by Crippen LogP contribution is -2.44. The summed E-state index contributed by atoms with van der Waals surface area (Å²) < 4.78 is 12.4. The molecular weight excluding hydrogens is 390 g/mol. The van der Waals surface area contributed by atoms with Crippen LogP contribution in [0.2, 0.25) is 0 Å². The molecule has 29 heavy (non-hydrogen) atoms. The van der Waals surface area contributed by atoms with Crippen LogP contribution < -0.4 is 0 Å². The number of aliphatic hydroxyl groups is 5. The van der Waals surface area contributed by atoms with Crippen LogP contribution in [0.25, 0.3) is 0 Å². The zero-order valence-electron chi connectivity index (χ0n) is 16.3. The molecular formula is C17H31N3O9. The summed E-state index contributed by atoms with van der Waals surface area (Å²) in [6.07, 6.45) is 0.804. The molecule has 0 aromatic carbocycles. The van der Waals surface area contributed by atoms with Gasteiger partial charge in [0.05, 0.1) is 63.9 Å². The van der Waals surface area contributed by atoms with Gasteiger partial charge in [0.1, 0.15) is 12.2 Å². The van der Waals surface area contributed by atoms with Gasteiger partial charge in [0.25, 0.3) is 0 Å². The Morgan fingerprint density at radius 3 is 2.03 bits per heavy atom. The van der Waals surface area contributed by atoms with Crippen molar-refractivity contribution in [1.29, 1.82) is 0 Å². The van der Waals surface area contributed by atoms with E-state index in [1.54, 1.807) is 6.20 Å². The van der Waals surface area contributed by atoms with E-state index in [9.17, 15) is 30.3 Å². The summed E-state index contributed by atoms with van der Waals surface area (Å²) in [6.45, 7) is -2.16. The van der Waals surface area contributed by atoms with Crippen molar-refractivity contribution < 1.29 is 44.9 Å². The van der Waals surface area contributed by atoms with E-state index in [1.165, 1.54) is 4.68 Å². The summed E-state index contributed by atoms with van der Waals surface area (Å²) in [7, 11) is 0. The normalized spacial score (nSPS) is 12.2. The molecule has 0 saturated carbocycles. The maximum absolute atomic E-state index is 10.6. The van der Waals surface area contributed by atoms with Gasteiger partial charge in [-0.15, -0.1) is 5.10 Å². The van der Waals surface area contributed by atoms with Crippen molar-refractivity contribution in [1.82, 2.24) is 15.0 Å². The molecule has 0 amide bonds. The number of aliphatic carboxylic acids is 1. The highest BCUT2D eigenvalue weighted by molar-refractivity contribution is 5.66. The molecule has 0 unspecified atom stereocenters. The lowest BCUT2D eigenvalue weighted by molar-refractivity contribution is -0.137. The lowest BCUT2D eigenvalue weighted by Gasteiger charge is -2.33. The van der Waals surface area contributed by atoms with E-state index in [-0.39, 0.29) is 26.2 Å². The Bertz CT molecular complexity index is 560. The van der Waals surface area contributed by atoms with E-state index >= 15 is 0 Å². The number of carbonyl (C=O) groups is 1. The predicted octanol–water partition coefficient (Wildman–Crippen LogP) is -2.60.